The van der Waals surface area contributed by atoms with E-state index in [1.54, 1.807) is 29.6 Å². The standard InChI is InChI=1S/C33H30F2N6O/c1-20(2)24-14-27(42-4)31(35)32(30(24)34)40-18-23-17-38-25(15-26(23)41(21(40)3)29-8-5-6-13-37-29)22-9-10-28(39-16-22)33(19-36)11-7-12-33/h5-6,8-10,13-17,20H,3,7,11-12,18H2,1-2,4H3. The number of hydrogen-bond acceptors (Lipinski definition) is 7. The van der Waals surface area contributed by atoms with Gasteiger partial charge in [0.25, 0.3) is 0 Å². The molecule has 0 unspecified atom stereocenters. The third-order valence-corrected chi connectivity index (χ3v) is 8.23. The number of nitrogens with zero attached hydrogens (tertiary/aromatic N) is 6. The van der Waals surface area contributed by atoms with E-state index < -0.39 is 17.0 Å². The molecule has 1 aromatic carbocycles. The highest BCUT2D eigenvalue weighted by molar-refractivity contribution is 5.79. The Labute approximate surface area is 243 Å². The van der Waals surface area contributed by atoms with Crippen LogP contribution in [0.25, 0.3) is 11.3 Å². The number of rotatable bonds is 6. The monoisotopic (exact) mass is 564 g/mol. The molecule has 7 nitrogen and oxygen atoms in total. The quantitative estimate of drug-likeness (QED) is 0.240. The van der Waals surface area contributed by atoms with Crippen LogP contribution < -0.4 is 14.5 Å². The minimum Gasteiger partial charge on any atom is -0.494 e. The zero-order chi connectivity index (χ0) is 29.6. The number of hydrogen-bond donors (Lipinski definition) is 0. The molecule has 0 bridgehead atoms. The van der Waals surface area contributed by atoms with Crippen molar-refractivity contribution in [1.82, 2.24) is 15.0 Å². The van der Waals surface area contributed by atoms with Gasteiger partial charge in [-0.2, -0.15) is 5.26 Å². The van der Waals surface area contributed by atoms with Gasteiger partial charge < -0.3 is 9.64 Å². The highest BCUT2D eigenvalue weighted by Crippen LogP contribution is 2.45. The Balaban J connectivity index is 1.46. The smallest absolute Gasteiger partial charge is 0.191 e. The van der Waals surface area contributed by atoms with E-state index in [0.717, 1.165) is 41.8 Å². The summed E-state index contributed by atoms with van der Waals surface area (Å²) in [6.45, 7) is 8.10. The minimum atomic E-state index is -0.803. The Morgan fingerprint density at radius 1 is 1.05 bits per heavy atom. The van der Waals surface area contributed by atoms with Crippen LogP contribution in [0.5, 0.6) is 5.75 Å². The summed E-state index contributed by atoms with van der Waals surface area (Å²) in [5.74, 6) is -0.843. The lowest BCUT2D eigenvalue weighted by molar-refractivity contribution is 0.316. The van der Waals surface area contributed by atoms with Crippen molar-refractivity contribution in [3.63, 3.8) is 0 Å². The van der Waals surface area contributed by atoms with Gasteiger partial charge in [0.05, 0.1) is 42.2 Å². The molecule has 0 spiro atoms. The molecule has 1 saturated carbocycles. The Morgan fingerprint density at radius 3 is 2.45 bits per heavy atom. The van der Waals surface area contributed by atoms with E-state index in [1.165, 1.54) is 18.1 Å². The first-order valence-corrected chi connectivity index (χ1v) is 13.9. The Bertz CT molecular complexity index is 1710. The van der Waals surface area contributed by atoms with Crippen molar-refractivity contribution in [2.75, 3.05) is 16.9 Å². The molecule has 3 aromatic heterocycles. The second kappa shape index (κ2) is 10.5. The van der Waals surface area contributed by atoms with Gasteiger partial charge in [-0.25, -0.2) is 13.8 Å². The van der Waals surface area contributed by atoms with Crippen molar-refractivity contribution in [1.29, 1.82) is 5.26 Å². The number of anilines is 3. The van der Waals surface area contributed by atoms with Crippen LogP contribution >= 0.6 is 0 Å². The van der Waals surface area contributed by atoms with Gasteiger partial charge in [-0.05, 0) is 67.1 Å². The number of ether oxygens (including phenoxy) is 1. The second-order valence-electron chi connectivity index (χ2n) is 11.0. The SMILES string of the molecule is C=C1N(c2c(F)c(OC)cc(C(C)C)c2F)Cc2cnc(-c3ccc(C4(C#N)CCC4)nc3)cc2N1c1ccccn1. The molecule has 4 aromatic rings. The van der Waals surface area contributed by atoms with Gasteiger partial charge in [-0.15, -0.1) is 0 Å². The minimum absolute atomic E-state index is 0.0393. The van der Waals surface area contributed by atoms with Gasteiger partial charge in [0.1, 0.15) is 17.3 Å². The molecule has 1 fully saturated rings. The summed E-state index contributed by atoms with van der Waals surface area (Å²) in [5, 5.41) is 9.70. The summed E-state index contributed by atoms with van der Waals surface area (Å²) >= 11 is 0. The highest BCUT2D eigenvalue weighted by Gasteiger charge is 2.40. The van der Waals surface area contributed by atoms with Crippen LogP contribution in [0.2, 0.25) is 0 Å². The first-order chi connectivity index (χ1) is 20.3. The molecule has 0 N–H and O–H groups in total. The van der Waals surface area contributed by atoms with Crippen molar-refractivity contribution in [3.05, 3.63) is 102 Å². The molecule has 0 amide bonds. The topological polar surface area (TPSA) is 78.2 Å². The van der Waals surface area contributed by atoms with E-state index in [4.69, 9.17) is 9.72 Å². The summed E-state index contributed by atoms with van der Waals surface area (Å²) in [7, 11) is 1.36. The van der Waals surface area contributed by atoms with Crippen LogP contribution in [0.3, 0.4) is 0 Å². The fraction of sp³-hybridized carbons (Fsp3) is 0.273. The largest absolute Gasteiger partial charge is 0.494 e. The van der Waals surface area contributed by atoms with Gasteiger partial charge in [0.2, 0.25) is 0 Å². The third kappa shape index (κ3) is 4.35. The average Bonchev–Trinajstić information content (AvgIpc) is 2.98. The molecule has 0 atom stereocenters. The maximum absolute atomic E-state index is 16.0. The van der Waals surface area contributed by atoms with Gasteiger partial charge in [-0.3, -0.25) is 14.9 Å². The number of halogens is 2. The predicted octanol–water partition coefficient (Wildman–Crippen LogP) is 7.52. The zero-order valence-electron chi connectivity index (χ0n) is 23.7. The number of benzene rings is 1. The van der Waals surface area contributed by atoms with Crippen LogP contribution in [0.4, 0.5) is 26.0 Å². The van der Waals surface area contributed by atoms with Gasteiger partial charge in [0.15, 0.2) is 17.4 Å². The van der Waals surface area contributed by atoms with Crippen molar-refractivity contribution in [3.8, 4) is 23.1 Å². The molecular formula is C33H30F2N6O. The highest BCUT2D eigenvalue weighted by atomic mass is 19.1. The lowest BCUT2D eigenvalue weighted by atomic mass is 9.67. The van der Waals surface area contributed by atoms with E-state index in [0.29, 0.717) is 22.9 Å². The van der Waals surface area contributed by atoms with Crippen molar-refractivity contribution in [2.45, 2.75) is 51.0 Å². The number of nitriles is 1. The molecule has 2 aliphatic rings. The lowest BCUT2D eigenvalue weighted by Gasteiger charge is -2.41. The fourth-order valence-electron chi connectivity index (χ4n) is 5.64. The lowest BCUT2D eigenvalue weighted by Crippen LogP contribution is -2.38. The number of methoxy groups -OCH3 is 1. The van der Waals surface area contributed by atoms with E-state index in [9.17, 15) is 5.26 Å². The van der Waals surface area contributed by atoms with Crippen LogP contribution in [0.1, 0.15) is 55.8 Å². The summed E-state index contributed by atoms with van der Waals surface area (Å²) in [6, 6.07) is 15.0. The molecule has 1 aliphatic heterocycles. The molecule has 6 rings (SSSR count). The Hall–Kier alpha value is -4.84. The van der Waals surface area contributed by atoms with E-state index in [1.807, 2.05) is 44.2 Å². The van der Waals surface area contributed by atoms with Crippen LogP contribution in [-0.4, -0.2) is 22.1 Å². The normalized spacial score (nSPS) is 15.7. The van der Waals surface area contributed by atoms with E-state index in [-0.39, 0.29) is 23.9 Å². The average molecular weight is 565 g/mol. The van der Waals surface area contributed by atoms with Crippen molar-refractivity contribution < 1.29 is 13.5 Å². The Kier molecular flexibility index (Phi) is 6.85. The summed E-state index contributed by atoms with van der Waals surface area (Å²) < 4.78 is 37.0. The molecule has 9 heteroatoms. The van der Waals surface area contributed by atoms with E-state index >= 15 is 8.78 Å². The molecule has 4 heterocycles. The van der Waals surface area contributed by atoms with Crippen molar-refractivity contribution in [2.24, 2.45) is 0 Å². The molecular weight excluding hydrogens is 534 g/mol. The molecule has 0 radical (unpaired) electrons. The Morgan fingerprint density at radius 2 is 1.86 bits per heavy atom. The van der Waals surface area contributed by atoms with Crippen LogP contribution in [-0.2, 0) is 12.0 Å². The first-order valence-electron chi connectivity index (χ1n) is 13.9. The van der Waals surface area contributed by atoms with Crippen LogP contribution in [0, 0.1) is 23.0 Å². The molecule has 0 saturated heterocycles. The number of fused-ring (bicyclic) bond motifs is 1. The summed E-state index contributed by atoms with van der Waals surface area (Å²) in [4.78, 5) is 17.1. The van der Waals surface area contributed by atoms with Gasteiger partial charge in [-0.1, -0.05) is 26.5 Å². The van der Waals surface area contributed by atoms with Gasteiger partial charge >= 0.3 is 0 Å². The van der Waals surface area contributed by atoms with E-state index in [2.05, 4.69) is 22.6 Å². The second-order valence-corrected chi connectivity index (χ2v) is 11.0. The summed E-state index contributed by atoms with van der Waals surface area (Å²) in [5.41, 5.74) is 3.30. The van der Waals surface area contributed by atoms with Crippen molar-refractivity contribution >= 4 is 17.2 Å². The van der Waals surface area contributed by atoms with Crippen LogP contribution in [0.15, 0.2) is 73.5 Å². The fourth-order valence-corrected chi connectivity index (χ4v) is 5.64. The number of pyridine rings is 3. The maximum atomic E-state index is 16.0. The maximum Gasteiger partial charge on any atom is 0.191 e. The first kappa shape index (κ1) is 27.3. The summed E-state index contributed by atoms with van der Waals surface area (Å²) in [6.07, 6.45) is 7.76. The zero-order valence-corrected chi connectivity index (χ0v) is 23.7. The molecule has 1 aliphatic carbocycles. The molecule has 42 heavy (non-hydrogen) atoms. The predicted molar refractivity (Wildman–Crippen MR) is 157 cm³/mol. The molecule has 212 valence electrons. The number of aromatic nitrogens is 3. The van der Waals surface area contributed by atoms with Gasteiger partial charge in [0, 0.05) is 29.7 Å². The third-order valence-electron chi connectivity index (χ3n) is 8.23.